The van der Waals surface area contributed by atoms with Crippen LogP contribution in [0.2, 0.25) is 0 Å². The number of carbonyl (C=O) groups excluding carboxylic acids is 1. The molecule has 7 nitrogen and oxygen atoms in total. The number of methoxy groups -OCH3 is 1. The molecule has 0 aliphatic carbocycles. The molecular weight excluding hydrogens is 361 g/mol. The minimum absolute atomic E-state index is 0.00808. The van der Waals surface area contributed by atoms with Gasteiger partial charge in [-0.25, -0.2) is 4.39 Å². The van der Waals surface area contributed by atoms with Crippen molar-refractivity contribution in [3.8, 4) is 29.1 Å². The molecule has 3 rings (SSSR count). The van der Waals surface area contributed by atoms with E-state index in [-0.39, 0.29) is 39.6 Å². The highest BCUT2D eigenvalue weighted by Crippen LogP contribution is 2.37. The van der Waals surface area contributed by atoms with Gasteiger partial charge in [-0.05, 0) is 18.2 Å². The van der Waals surface area contributed by atoms with Crippen molar-refractivity contribution >= 4 is 11.7 Å². The van der Waals surface area contributed by atoms with Crippen molar-refractivity contribution in [1.29, 1.82) is 10.5 Å². The van der Waals surface area contributed by atoms with Gasteiger partial charge < -0.3 is 10.1 Å². The number of carbonyl (C=O) groups is 1. The SMILES string of the molecule is COc1nc(NC(=O)c2ccccn2)c(C#N)c(-c2ccccc2F)c1C#N. The Morgan fingerprint density at radius 3 is 2.43 bits per heavy atom. The predicted octanol–water partition coefficient (Wildman–Crippen LogP) is 3.29. The number of nitrogens with one attached hydrogen (secondary N) is 1. The van der Waals surface area contributed by atoms with Crippen molar-refractivity contribution < 1.29 is 13.9 Å². The second kappa shape index (κ2) is 7.94. The Kier molecular flexibility index (Phi) is 5.24. The molecule has 0 atom stereocenters. The molecule has 0 aliphatic heterocycles. The summed E-state index contributed by atoms with van der Waals surface area (Å²) in [5, 5.41) is 21.7. The molecule has 0 saturated carbocycles. The second-order valence-electron chi connectivity index (χ2n) is 5.47. The summed E-state index contributed by atoms with van der Waals surface area (Å²) in [5.74, 6) is -1.55. The molecule has 0 bridgehead atoms. The Labute approximate surface area is 159 Å². The number of nitriles is 2. The van der Waals surface area contributed by atoms with Crippen LogP contribution < -0.4 is 10.1 Å². The van der Waals surface area contributed by atoms with Crippen LogP contribution in [0.15, 0.2) is 48.7 Å². The molecule has 3 aromatic rings. The minimum atomic E-state index is -0.634. The lowest BCUT2D eigenvalue weighted by Crippen LogP contribution is -2.16. The number of anilines is 1. The first kappa shape index (κ1) is 18.5. The van der Waals surface area contributed by atoms with Crippen LogP contribution in [0, 0.1) is 28.5 Å². The summed E-state index contributed by atoms with van der Waals surface area (Å²) >= 11 is 0. The largest absolute Gasteiger partial charge is 0.480 e. The summed E-state index contributed by atoms with van der Waals surface area (Å²) in [4.78, 5) is 20.4. The Bertz CT molecular complexity index is 1130. The highest BCUT2D eigenvalue weighted by atomic mass is 19.1. The van der Waals surface area contributed by atoms with Gasteiger partial charge in [0.15, 0.2) is 5.82 Å². The van der Waals surface area contributed by atoms with Crippen molar-refractivity contribution in [3.63, 3.8) is 0 Å². The summed E-state index contributed by atoms with van der Waals surface area (Å²) in [6.07, 6.45) is 1.44. The van der Waals surface area contributed by atoms with Gasteiger partial charge in [0.25, 0.3) is 5.91 Å². The number of hydrogen-bond acceptors (Lipinski definition) is 6. The number of amides is 1. The number of nitrogens with zero attached hydrogens (tertiary/aromatic N) is 4. The Morgan fingerprint density at radius 2 is 1.82 bits per heavy atom. The third kappa shape index (κ3) is 3.35. The van der Waals surface area contributed by atoms with Crippen molar-refractivity contribution in [2.75, 3.05) is 12.4 Å². The molecule has 136 valence electrons. The first-order valence-corrected chi connectivity index (χ1v) is 8.00. The second-order valence-corrected chi connectivity index (χ2v) is 5.47. The smallest absolute Gasteiger partial charge is 0.275 e. The molecule has 0 unspecified atom stereocenters. The highest BCUT2D eigenvalue weighted by Gasteiger charge is 2.25. The summed E-state index contributed by atoms with van der Waals surface area (Å²) in [7, 11) is 1.28. The van der Waals surface area contributed by atoms with E-state index in [2.05, 4.69) is 15.3 Å². The van der Waals surface area contributed by atoms with E-state index in [1.54, 1.807) is 18.2 Å². The normalized spacial score (nSPS) is 9.86. The van der Waals surface area contributed by atoms with Crippen LogP contribution in [-0.4, -0.2) is 23.0 Å². The lowest BCUT2D eigenvalue weighted by molar-refractivity contribution is 0.102. The van der Waals surface area contributed by atoms with Crippen molar-refractivity contribution in [1.82, 2.24) is 9.97 Å². The van der Waals surface area contributed by atoms with E-state index < -0.39 is 11.7 Å². The van der Waals surface area contributed by atoms with Gasteiger partial charge in [-0.3, -0.25) is 9.78 Å². The average Bonchev–Trinajstić information content (AvgIpc) is 2.73. The van der Waals surface area contributed by atoms with E-state index in [0.717, 1.165) is 0 Å². The number of ether oxygens (including phenoxy) is 1. The van der Waals surface area contributed by atoms with Crippen molar-refractivity contribution in [3.05, 3.63) is 71.3 Å². The molecular formula is C20H12FN5O2. The van der Waals surface area contributed by atoms with Gasteiger partial charge >= 0.3 is 0 Å². The molecule has 1 N–H and O–H groups in total. The van der Waals surface area contributed by atoms with Gasteiger partial charge in [-0.1, -0.05) is 24.3 Å². The lowest BCUT2D eigenvalue weighted by Gasteiger charge is -2.15. The molecule has 0 aliphatic rings. The first-order valence-electron chi connectivity index (χ1n) is 8.00. The zero-order valence-corrected chi connectivity index (χ0v) is 14.6. The Balaban J connectivity index is 2.24. The number of hydrogen-bond donors (Lipinski definition) is 1. The summed E-state index contributed by atoms with van der Waals surface area (Å²) in [6.45, 7) is 0. The Hall–Kier alpha value is -4.30. The van der Waals surface area contributed by atoms with Gasteiger partial charge in [0.2, 0.25) is 5.88 Å². The standard InChI is InChI=1S/C20H12FN5O2/c1-28-20-14(11-23)17(12-6-2-3-7-15(12)21)13(10-22)18(26-20)25-19(27)16-8-4-5-9-24-16/h2-9H,1H3,(H,25,26,27). The molecule has 28 heavy (non-hydrogen) atoms. The zero-order chi connectivity index (χ0) is 20.1. The van der Waals surface area contributed by atoms with E-state index in [9.17, 15) is 19.7 Å². The van der Waals surface area contributed by atoms with Crippen molar-refractivity contribution in [2.45, 2.75) is 0 Å². The highest BCUT2D eigenvalue weighted by molar-refractivity contribution is 6.03. The van der Waals surface area contributed by atoms with Gasteiger partial charge in [-0.15, -0.1) is 0 Å². The van der Waals surface area contributed by atoms with Crippen LogP contribution >= 0.6 is 0 Å². The predicted molar refractivity (Wildman–Crippen MR) is 97.8 cm³/mol. The number of aromatic nitrogens is 2. The summed E-state index contributed by atoms with van der Waals surface area (Å²) in [6, 6.07) is 14.3. The maximum absolute atomic E-state index is 14.4. The molecule has 1 amide bonds. The molecule has 8 heteroatoms. The number of pyridine rings is 2. The topological polar surface area (TPSA) is 112 Å². The summed E-state index contributed by atoms with van der Waals surface area (Å²) in [5.41, 5.74) is -0.161. The van der Waals surface area contributed by atoms with Crippen LogP contribution in [0.4, 0.5) is 10.2 Å². The van der Waals surface area contributed by atoms with Crippen LogP contribution in [-0.2, 0) is 0 Å². The van der Waals surface area contributed by atoms with Gasteiger partial charge in [0.05, 0.1) is 7.11 Å². The molecule has 0 fully saturated rings. The molecule has 1 aromatic carbocycles. The molecule has 2 heterocycles. The van der Waals surface area contributed by atoms with Gasteiger partial charge in [0.1, 0.15) is 34.8 Å². The van der Waals surface area contributed by atoms with Crippen LogP contribution in [0.1, 0.15) is 21.6 Å². The molecule has 0 radical (unpaired) electrons. The zero-order valence-electron chi connectivity index (χ0n) is 14.6. The third-order valence-electron chi connectivity index (χ3n) is 3.85. The van der Waals surface area contributed by atoms with Crippen LogP contribution in [0.3, 0.4) is 0 Å². The number of halogens is 1. The van der Waals surface area contributed by atoms with E-state index in [4.69, 9.17) is 4.74 Å². The molecule has 0 spiro atoms. The van der Waals surface area contributed by atoms with Crippen LogP contribution in [0.5, 0.6) is 5.88 Å². The maximum atomic E-state index is 14.4. The van der Waals surface area contributed by atoms with Crippen molar-refractivity contribution in [2.24, 2.45) is 0 Å². The van der Waals surface area contributed by atoms with Gasteiger partial charge in [-0.2, -0.15) is 15.5 Å². The first-order chi connectivity index (χ1) is 13.6. The van der Waals surface area contributed by atoms with Crippen LogP contribution in [0.25, 0.3) is 11.1 Å². The Morgan fingerprint density at radius 1 is 1.11 bits per heavy atom. The quantitative estimate of drug-likeness (QED) is 0.751. The fourth-order valence-corrected chi connectivity index (χ4v) is 2.62. The lowest BCUT2D eigenvalue weighted by atomic mass is 9.96. The van der Waals surface area contributed by atoms with E-state index in [0.29, 0.717) is 0 Å². The monoisotopic (exact) mass is 373 g/mol. The fourth-order valence-electron chi connectivity index (χ4n) is 2.62. The summed E-state index contributed by atoms with van der Waals surface area (Å²) < 4.78 is 19.6. The average molecular weight is 373 g/mol. The van der Waals surface area contributed by atoms with E-state index in [1.807, 2.05) is 12.1 Å². The van der Waals surface area contributed by atoms with E-state index in [1.165, 1.54) is 37.6 Å². The maximum Gasteiger partial charge on any atom is 0.275 e. The third-order valence-corrected chi connectivity index (χ3v) is 3.85. The fraction of sp³-hybridized carbons (Fsp3) is 0.0500. The molecule has 0 saturated heterocycles. The number of benzene rings is 1. The van der Waals surface area contributed by atoms with E-state index >= 15 is 0 Å². The number of rotatable bonds is 4. The molecule has 2 aromatic heterocycles. The minimum Gasteiger partial charge on any atom is -0.480 e. The van der Waals surface area contributed by atoms with Gasteiger partial charge in [0, 0.05) is 17.3 Å².